The van der Waals surface area contributed by atoms with E-state index in [1.807, 2.05) is 11.4 Å². The number of thiophene rings is 1. The Kier molecular flexibility index (Phi) is 6.93. The maximum Gasteiger partial charge on any atom is 0.264 e. The molecule has 4 rings (SSSR count). The van der Waals surface area contributed by atoms with Gasteiger partial charge in [-0.05, 0) is 41.3 Å². The first kappa shape index (κ1) is 23.4. The van der Waals surface area contributed by atoms with Gasteiger partial charge in [0, 0.05) is 25.1 Å². The predicted octanol–water partition coefficient (Wildman–Crippen LogP) is 4.35. The lowest BCUT2D eigenvalue weighted by molar-refractivity contribution is -0.133. The Morgan fingerprint density at radius 3 is 2.56 bits per heavy atom. The molecule has 2 aromatic carbocycles. The second kappa shape index (κ2) is 10.0. The Labute approximate surface area is 201 Å². The van der Waals surface area contributed by atoms with Crippen molar-refractivity contribution in [3.63, 3.8) is 0 Å². The van der Waals surface area contributed by atoms with Gasteiger partial charge in [0.2, 0.25) is 0 Å². The number of carbonyl (C=O) groups is 2. The molecule has 0 aliphatic carbocycles. The first-order valence-corrected chi connectivity index (χ1v) is 11.5. The van der Waals surface area contributed by atoms with Crippen LogP contribution in [0.1, 0.15) is 33.3 Å². The molecule has 0 spiro atoms. The van der Waals surface area contributed by atoms with E-state index in [1.54, 1.807) is 57.7 Å². The molecule has 9 heteroatoms. The highest BCUT2D eigenvalue weighted by Gasteiger charge is 2.35. The summed E-state index contributed by atoms with van der Waals surface area (Å²) >= 11 is 1.32. The van der Waals surface area contributed by atoms with Gasteiger partial charge in [0.1, 0.15) is 23.9 Å². The van der Waals surface area contributed by atoms with Crippen LogP contribution in [-0.4, -0.2) is 55.2 Å². The van der Waals surface area contributed by atoms with Gasteiger partial charge in [-0.3, -0.25) is 9.59 Å². The van der Waals surface area contributed by atoms with Crippen LogP contribution in [0, 0.1) is 5.82 Å². The summed E-state index contributed by atoms with van der Waals surface area (Å²) < 4.78 is 24.4. The number of likely N-dealkylation sites (N-methyl/N-ethyl adjacent to an activating group) is 1. The fourth-order valence-electron chi connectivity index (χ4n) is 3.82. The molecule has 0 fully saturated rings. The third-order valence-corrected chi connectivity index (χ3v) is 6.45. The van der Waals surface area contributed by atoms with Crippen LogP contribution in [0.15, 0.2) is 65.1 Å². The number of ether oxygens (including phenoxy) is 2. The summed E-state index contributed by atoms with van der Waals surface area (Å²) in [6.45, 7) is -0.148. The van der Waals surface area contributed by atoms with E-state index >= 15 is 0 Å². The molecule has 1 aromatic heterocycles. The van der Waals surface area contributed by atoms with E-state index in [2.05, 4.69) is 5.10 Å². The van der Waals surface area contributed by atoms with Gasteiger partial charge in [0.25, 0.3) is 11.8 Å². The van der Waals surface area contributed by atoms with E-state index in [4.69, 9.17) is 9.47 Å². The number of halogens is 1. The van der Waals surface area contributed by atoms with Crippen molar-refractivity contribution in [2.75, 3.05) is 27.8 Å². The van der Waals surface area contributed by atoms with Crippen LogP contribution in [0.5, 0.6) is 11.5 Å². The van der Waals surface area contributed by atoms with Crippen molar-refractivity contribution >= 4 is 28.9 Å². The highest BCUT2D eigenvalue weighted by atomic mass is 32.1. The number of hydrogen-bond acceptors (Lipinski definition) is 6. The number of hydrazone groups is 1. The average molecular weight is 482 g/mol. The third kappa shape index (κ3) is 4.79. The summed E-state index contributed by atoms with van der Waals surface area (Å²) in [5.74, 6) is 0.260. The fourth-order valence-corrected chi connectivity index (χ4v) is 4.54. The summed E-state index contributed by atoms with van der Waals surface area (Å²) in [6.07, 6.45) is 0.405. The molecule has 1 aliphatic heterocycles. The van der Waals surface area contributed by atoms with E-state index < -0.39 is 6.04 Å². The number of carbonyl (C=O) groups excluding carboxylic acids is 2. The number of rotatable bonds is 7. The second-order valence-corrected chi connectivity index (χ2v) is 8.71. The molecule has 2 amide bonds. The van der Waals surface area contributed by atoms with E-state index in [9.17, 15) is 14.0 Å². The smallest absolute Gasteiger partial charge is 0.264 e. The Bertz CT molecular complexity index is 1210. The summed E-state index contributed by atoms with van der Waals surface area (Å²) in [7, 11) is 4.71. The van der Waals surface area contributed by atoms with Crippen molar-refractivity contribution in [2.45, 2.75) is 12.5 Å². The van der Waals surface area contributed by atoms with Crippen LogP contribution in [0.4, 0.5) is 4.39 Å². The van der Waals surface area contributed by atoms with Crippen molar-refractivity contribution in [3.05, 3.63) is 81.8 Å². The van der Waals surface area contributed by atoms with Gasteiger partial charge in [-0.25, -0.2) is 9.40 Å². The number of benzene rings is 2. The molecule has 176 valence electrons. The Morgan fingerprint density at radius 1 is 1.15 bits per heavy atom. The van der Waals surface area contributed by atoms with Crippen LogP contribution in [0.3, 0.4) is 0 Å². The lowest BCUT2D eigenvalue weighted by Gasteiger charge is -2.24. The molecule has 7 nitrogen and oxygen atoms in total. The monoisotopic (exact) mass is 481 g/mol. The lowest BCUT2D eigenvalue weighted by Crippen LogP contribution is -2.39. The summed E-state index contributed by atoms with van der Waals surface area (Å²) in [5.41, 5.74) is 2.12. The Morgan fingerprint density at radius 2 is 1.91 bits per heavy atom. The zero-order chi connectivity index (χ0) is 24.2. The number of hydrogen-bond donors (Lipinski definition) is 0. The number of methoxy groups -OCH3 is 2. The van der Waals surface area contributed by atoms with Crippen LogP contribution in [0.25, 0.3) is 0 Å². The molecule has 0 N–H and O–H groups in total. The molecule has 1 aliphatic rings. The molecule has 3 aromatic rings. The van der Waals surface area contributed by atoms with E-state index in [-0.39, 0.29) is 24.2 Å². The fraction of sp³-hybridized carbons (Fsp3) is 0.240. The van der Waals surface area contributed by atoms with Crippen molar-refractivity contribution in [1.29, 1.82) is 0 Å². The molecule has 1 atom stereocenters. The van der Waals surface area contributed by atoms with Crippen LogP contribution < -0.4 is 9.47 Å². The summed E-state index contributed by atoms with van der Waals surface area (Å²) in [6, 6.07) is 14.4. The molecule has 0 bridgehead atoms. The van der Waals surface area contributed by atoms with E-state index in [1.165, 1.54) is 33.4 Å². The molecule has 2 heterocycles. The molecule has 0 radical (unpaired) electrons. The highest BCUT2D eigenvalue weighted by Crippen LogP contribution is 2.36. The van der Waals surface area contributed by atoms with Gasteiger partial charge in [-0.15, -0.1) is 11.3 Å². The minimum absolute atomic E-state index is 0.148. The van der Waals surface area contributed by atoms with E-state index in [0.29, 0.717) is 28.5 Å². The van der Waals surface area contributed by atoms with Crippen molar-refractivity contribution in [3.8, 4) is 11.5 Å². The molecule has 0 unspecified atom stereocenters. The average Bonchev–Trinajstić information content (AvgIpc) is 3.54. The predicted molar refractivity (Wildman–Crippen MR) is 128 cm³/mol. The maximum atomic E-state index is 13.6. The molecular weight excluding hydrogens is 457 g/mol. The SMILES string of the molecule is COc1ccc(C2=NN(C(=O)CN(C)C(=O)c3cccs3)[C@H](c3ccc(F)cc3)C2)c(OC)c1. The first-order valence-electron chi connectivity index (χ1n) is 10.6. The van der Waals surface area contributed by atoms with Crippen molar-refractivity contribution in [1.82, 2.24) is 9.91 Å². The Balaban J connectivity index is 1.64. The zero-order valence-corrected chi connectivity index (χ0v) is 19.8. The van der Waals surface area contributed by atoms with Gasteiger partial charge in [-0.1, -0.05) is 18.2 Å². The van der Waals surface area contributed by atoms with Crippen molar-refractivity contribution in [2.24, 2.45) is 5.10 Å². The quantitative estimate of drug-likeness (QED) is 0.503. The lowest BCUT2D eigenvalue weighted by atomic mass is 9.97. The third-order valence-electron chi connectivity index (χ3n) is 5.59. The van der Waals surface area contributed by atoms with Crippen LogP contribution >= 0.6 is 11.3 Å². The van der Waals surface area contributed by atoms with Gasteiger partial charge in [0.15, 0.2) is 0 Å². The second-order valence-electron chi connectivity index (χ2n) is 7.76. The molecular formula is C25H24FN3O4S. The minimum Gasteiger partial charge on any atom is -0.497 e. The largest absolute Gasteiger partial charge is 0.497 e. The summed E-state index contributed by atoms with van der Waals surface area (Å²) in [4.78, 5) is 27.9. The standard InChI is InChI=1S/C25H24FN3O4S/c1-28(25(31)23-5-4-12-34-23)15-24(30)29-21(16-6-8-17(26)9-7-16)14-20(27-29)19-11-10-18(32-2)13-22(19)33-3/h4-13,21H,14-15H2,1-3H3/t21-/m0/s1. The van der Waals surface area contributed by atoms with Gasteiger partial charge in [0.05, 0.1) is 30.9 Å². The van der Waals surface area contributed by atoms with Gasteiger partial charge < -0.3 is 14.4 Å². The molecule has 34 heavy (non-hydrogen) atoms. The summed E-state index contributed by atoms with van der Waals surface area (Å²) in [5, 5.41) is 7.82. The number of nitrogens with zero attached hydrogens (tertiary/aromatic N) is 3. The zero-order valence-electron chi connectivity index (χ0n) is 19.0. The number of amides is 2. The first-order chi connectivity index (χ1) is 16.4. The van der Waals surface area contributed by atoms with Crippen molar-refractivity contribution < 1.29 is 23.5 Å². The van der Waals surface area contributed by atoms with Crippen LogP contribution in [-0.2, 0) is 4.79 Å². The van der Waals surface area contributed by atoms with Crippen LogP contribution in [0.2, 0.25) is 0 Å². The topological polar surface area (TPSA) is 71.4 Å². The van der Waals surface area contributed by atoms with Gasteiger partial charge >= 0.3 is 0 Å². The van der Waals surface area contributed by atoms with E-state index in [0.717, 1.165) is 11.1 Å². The maximum absolute atomic E-state index is 13.6. The molecule has 0 saturated carbocycles. The normalized spacial score (nSPS) is 15.1. The highest BCUT2D eigenvalue weighted by molar-refractivity contribution is 7.12. The minimum atomic E-state index is -0.444. The van der Waals surface area contributed by atoms with Gasteiger partial charge in [-0.2, -0.15) is 5.10 Å². The molecule has 0 saturated heterocycles. The Hall–Kier alpha value is -3.72.